The first kappa shape index (κ1) is 33.8. The zero-order valence-electron chi connectivity index (χ0n) is 12.0. The first-order valence-corrected chi connectivity index (χ1v) is 5.45. The zero-order chi connectivity index (χ0) is 15.6. The SMILES string of the molecule is NCc1ccncc1.NCc1ccncc1.[Br-].[Br-].[C-]#[O+].[C-]#[O+].[Re]. The summed E-state index contributed by atoms with van der Waals surface area (Å²) in [7, 11) is 0. The number of nitrogens with zero attached hydrogens (tertiary/aromatic N) is 2. The maximum Gasteiger partial charge on any atom is 0 e. The van der Waals surface area contributed by atoms with Crippen LogP contribution in [0.15, 0.2) is 49.1 Å². The molecule has 0 aromatic carbocycles. The third kappa shape index (κ3) is 21.3. The van der Waals surface area contributed by atoms with Gasteiger partial charge in [0.25, 0.3) is 0 Å². The second-order valence-corrected chi connectivity index (χ2v) is 3.12. The summed E-state index contributed by atoms with van der Waals surface area (Å²) in [6.45, 7) is 10.2. The molecule has 0 saturated carbocycles. The van der Waals surface area contributed by atoms with Gasteiger partial charge in [0, 0.05) is 58.3 Å². The van der Waals surface area contributed by atoms with Crippen LogP contribution in [0.2, 0.25) is 0 Å². The van der Waals surface area contributed by atoms with Gasteiger partial charge in [-0.1, -0.05) is 0 Å². The predicted octanol–water partition coefficient (Wildman–Crippen LogP) is -4.99. The molecule has 0 aliphatic carbocycles. The fourth-order valence-corrected chi connectivity index (χ4v) is 1.04. The standard InChI is InChI=1S/2C6H8N2.2CO.2BrH.Re/c2*7-5-6-1-3-8-4-2-6;2*1-2;;;/h2*1-4H,5,7H2;;;2*1H;/p-2. The average molecular weight is 618 g/mol. The molecule has 0 atom stereocenters. The Bertz CT molecular complexity index is 428. The summed E-state index contributed by atoms with van der Waals surface area (Å²) in [4.78, 5) is 7.68. The van der Waals surface area contributed by atoms with Crippen LogP contribution in [0.1, 0.15) is 11.1 Å². The van der Waals surface area contributed by atoms with E-state index in [2.05, 4.69) is 23.3 Å². The van der Waals surface area contributed by atoms with Gasteiger partial charge in [0.05, 0.1) is 0 Å². The number of nitrogens with two attached hydrogens (primary N) is 2. The average Bonchev–Trinajstić information content (AvgIpc) is 2.60. The van der Waals surface area contributed by atoms with Crippen molar-refractivity contribution in [2.24, 2.45) is 11.5 Å². The number of halogens is 2. The quantitative estimate of drug-likeness (QED) is 0.259. The molecule has 0 aliphatic rings. The fraction of sp³-hybridized carbons (Fsp3) is 0.143. The first-order valence-electron chi connectivity index (χ1n) is 5.45. The van der Waals surface area contributed by atoms with Crippen LogP contribution in [0.5, 0.6) is 0 Å². The van der Waals surface area contributed by atoms with E-state index in [1.165, 1.54) is 0 Å². The molecule has 2 aromatic rings. The van der Waals surface area contributed by atoms with Crippen LogP contribution in [-0.2, 0) is 42.8 Å². The molecule has 0 saturated heterocycles. The number of rotatable bonds is 2. The Hall–Kier alpha value is -0.678. The van der Waals surface area contributed by atoms with Crippen LogP contribution in [-0.4, -0.2) is 9.97 Å². The number of pyridine rings is 2. The molecule has 23 heavy (non-hydrogen) atoms. The van der Waals surface area contributed by atoms with Crippen molar-refractivity contribution in [1.82, 2.24) is 9.97 Å². The molecule has 6 nitrogen and oxygen atoms in total. The molecule has 2 aromatic heterocycles. The summed E-state index contributed by atoms with van der Waals surface area (Å²) < 4.78 is 15.0. The normalized spacial score (nSPS) is 6.52. The van der Waals surface area contributed by atoms with Crippen LogP contribution in [0.3, 0.4) is 0 Å². The summed E-state index contributed by atoms with van der Waals surface area (Å²) in [6, 6.07) is 7.61. The molecule has 0 aliphatic heterocycles. The van der Waals surface area contributed by atoms with Gasteiger partial charge >= 0.3 is 22.6 Å². The fourth-order valence-electron chi connectivity index (χ4n) is 1.04. The van der Waals surface area contributed by atoms with Gasteiger partial charge < -0.3 is 45.4 Å². The predicted molar refractivity (Wildman–Crippen MR) is 72.1 cm³/mol. The van der Waals surface area contributed by atoms with Crippen molar-refractivity contribution >= 4 is 0 Å². The molecule has 0 unspecified atom stereocenters. The van der Waals surface area contributed by atoms with Gasteiger partial charge in [0.1, 0.15) is 0 Å². The Morgan fingerprint density at radius 3 is 1.04 bits per heavy atom. The molecular formula is C14H16Br2N4O2Re-2. The zero-order valence-corrected chi connectivity index (χ0v) is 17.9. The smallest absolute Gasteiger partial charge is 0 e. The van der Waals surface area contributed by atoms with E-state index in [1.807, 2.05) is 24.3 Å². The Balaban J connectivity index is -0.0000000697. The molecule has 0 fully saturated rings. The Morgan fingerprint density at radius 1 is 0.696 bits per heavy atom. The summed E-state index contributed by atoms with van der Waals surface area (Å²) in [5.74, 6) is 0. The van der Waals surface area contributed by atoms with Crippen LogP contribution < -0.4 is 45.4 Å². The maximum atomic E-state index is 7.50. The monoisotopic (exact) mass is 617 g/mol. The minimum absolute atomic E-state index is 0. The third-order valence-corrected chi connectivity index (χ3v) is 1.97. The Morgan fingerprint density at radius 2 is 0.913 bits per heavy atom. The minimum atomic E-state index is 0. The molecule has 0 amide bonds. The van der Waals surface area contributed by atoms with Crippen LogP contribution in [0.4, 0.5) is 0 Å². The summed E-state index contributed by atoms with van der Waals surface area (Å²) in [5.41, 5.74) is 12.9. The number of hydrogen-bond acceptors (Lipinski definition) is 4. The molecule has 4 N–H and O–H groups in total. The van der Waals surface area contributed by atoms with Crippen LogP contribution in [0, 0.1) is 13.3 Å². The molecule has 1 radical (unpaired) electrons. The van der Waals surface area contributed by atoms with Crippen molar-refractivity contribution in [2.45, 2.75) is 13.1 Å². The Labute approximate surface area is 171 Å². The van der Waals surface area contributed by atoms with E-state index in [-0.39, 0.29) is 54.4 Å². The molecule has 2 heterocycles. The minimum Gasteiger partial charge on any atom is 0 e. The Kier molecular flexibility index (Phi) is 43.2. The van der Waals surface area contributed by atoms with Gasteiger partial charge in [-0.05, 0) is 35.4 Å². The van der Waals surface area contributed by atoms with Crippen molar-refractivity contribution in [3.05, 3.63) is 73.5 Å². The van der Waals surface area contributed by atoms with Gasteiger partial charge in [-0.2, -0.15) is 0 Å². The topological polar surface area (TPSA) is 118 Å². The van der Waals surface area contributed by atoms with Gasteiger partial charge in [0.2, 0.25) is 0 Å². The van der Waals surface area contributed by atoms with Crippen molar-refractivity contribution in [1.29, 1.82) is 0 Å². The van der Waals surface area contributed by atoms with E-state index in [0.29, 0.717) is 13.1 Å². The first-order chi connectivity index (χ1) is 9.86. The van der Waals surface area contributed by atoms with Crippen molar-refractivity contribution in [3.63, 3.8) is 0 Å². The maximum absolute atomic E-state index is 7.50. The van der Waals surface area contributed by atoms with Gasteiger partial charge in [-0.25, -0.2) is 0 Å². The van der Waals surface area contributed by atoms with E-state index < -0.39 is 0 Å². The van der Waals surface area contributed by atoms with Crippen LogP contribution >= 0.6 is 0 Å². The van der Waals surface area contributed by atoms with E-state index in [4.69, 9.17) is 20.8 Å². The molecule has 127 valence electrons. The number of hydrogen-bond donors (Lipinski definition) is 2. The summed E-state index contributed by atoms with van der Waals surface area (Å²) in [5, 5.41) is 0. The molecule has 9 heteroatoms. The second kappa shape index (κ2) is 29.3. The summed E-state index contributed by atoms with van der Waals surface area (Å²) in [6.07, 6.45) is 6.95. The largest absolute Gasteiger partial charge is 0 e. The van der Waals surface area contributed by atoms with E-state index >= 15 is 0 Å². The third-order valence-electron chi connectivity index (χ3n) is 1.97. The molecule has 0 bridgehead atoms. The molecule has 2 rings (SSSR count). The number of aromatic nitrogens is 2. The van der Waals surface area contributed by atoms with Crippen molar-refractivity contribution in [3.8, 4) is 0 Å². The van der Waals surface area contributed by atoms with E-state index in [0.717, 1.165) is 11.1 Å². The molecular weight excluding hydrogens is 602 g/mol. The van der Waals surface area contributed by atoms with Gasteiger partial charge in [-0.15, -0.1) is 0 Å². The van der Waals surface area contributed by atoms with Crippen molar-refractivity contribution < 1.29 is 63.7 Å². The van der Waals surface area contributed by atoms with E-state index in [1.54, 1.807) is 24.8 Å². The summed E-state index contributed by atoms with van der Waals surface area (Å²) >= 11 is 0. The van der Waals surface area contributed by atoms with Gasteiger partial charge in [-0.3, -0.25) is 9.97 Å². The molecule has 0 spiro atoms. The van der Waals surface area contributed by atoms with Crippen LogP contribution in [0.25, 0.3) is 0 Å². The van der Waals surface area contributed by atoms with E-state index in [9.17, 15) is 0 Å². The van der Waals surface area contributed by atoms with Gasteiger partial charge in [0.15, 0.2) is 0 Å². The second-order valence-electron chi connectivity index (χ2n) is 3.12. The van der Waals surface area contributed by atoms with Crippen molar-refractivity contribution in [2.75, 3.05) is 0 Å².